The number of ether oxygens (including phenoxy) is 1. The topological polar surface area (TPSA) is 108 Å². The summed E-state index contributed by atoms with van der Waals surface area (Å²) in [6, 6.07) is 21.9. The molecule has 2 unspecified atom stereocenters. The van der Waals surface area contributed by atoms with Gasteiger partial charge in [0.05, 0.1) is 17.4 Å². The van der Waals surface area contributed by atoms with E-state index >= 15 is 0 Å². The van der Waals surface area contributed by atoms with E-state index < -0.39 is 29.1 Å². The summed E-state index contributed by atoms with van der Waals surface area (Å²) in [4.78, 5) is 43.3. The lowest BCUT2D eigenvalue weighted by molar-refractivity contribution is -0.143. The van der Waals surface area contributed by atoms with Gasteiger partial charge in [-0.2, -0.15) is 0 Å². The summed E-state index contributed by atoms with van der Waals surface area (Å²) in [7, 11) is 0. The molecule has 3 fully saturated rings. The predicted molar refractivity (Wildman–Crippen MR) is 148 cm³/mol. The number of aliphatic hydroxyl groups excluding tert-OH is 1. The summed E-state index contributed by atoms with van der Waals surface area (Å²) in [6.07, 6.45) is 2.15. The molecule has 202 valence electrons. The van der Waals surface area contributed by atoms with Crippen molar-refractivity contribution in [2.45, 2.75) is 49.9 Å². The van der Waals surface area contributed by atoms with Gasteiger partial charge in [0.15, 0.2) is 0 Å². The third-order valence-electron chi connectivity index (χ3n) is 8.67. The summed E-state index contributed by atoms with van der Waals surface area (Å²) >= 11 is 0. The van der Waals surface area contributed by atoms with Crippen molar-refractivity contribution in [3.63, 3.8) is 0 Å². The highest BCUT2D eigenvalue weighted by Crippen LogP contribution is 2.63. The molecule has 3 aliphatic rings. The summed E-state index contributed by atoms with van der Waals surface area (Å²) < 4.78 is 6.66. The van der Waals surface area contributed by atoms with Crippen LogP contribution in [0.4, 0.5) is 11.4 Å². The Morgan fingerprint density at radius 2 is 1.64 bits per heavy atom. The number of benzene rings is 3. The van der Waals surface area contributed by atoms with Gasteiger partial charge in [0.25, 0.3) is 0 Å². The quantitative estimate of drug-likeness (QED) is 0.385. The molecule has 3 saturated heterocycles. The minimum Gasteiger partial charge on any atom is -0.396 e. The van der Waals surface area contributed by atoms with Gasteiger partial charge in [-0.05, 0) is 67.6 Å². The van der Waals surface area contributed by atoms with E-state index in [4.69, 9.17) is 4.74 Å². The van der Waals surface area contributed by atoms with Crippen molar-refractivity contribution in [2.24, 2.45) is 11.8 Å². The summed E-state index contributed by atoms with van der Waals surface area (Å²) in [6.45, 7) is 2.19. The van der Waals surface area contributed by atoms with E-state index in [1.165, 1.54) is 0 Å². The average Bonchev–Trinajstić information content (AvgIpc) is 3.50. The molecule has 3 heterocycles. The number of carbonyl (C=O) groups excluding carboxylic acids is 3. The van der Waals surface area contributed by atoms with Gasteiger partial charge >= 0.3 is 0 Å². The summed E-state index contributed by atoms with van der Waals surface area (Å²) in [5, 5.41) is 17.4. The lowest BCUT2D eigenvalue weighted by Crippen LogP contribution is -2.53. The van der Waals surface area contributed by atoms with Crippen LogP contribution in [-0.4, -0.2) is 58.1 Å². The van der Waals surface area contributed by atoms with E-state index in [1.54, 1.807) is 4.90 Å². The fourth-order valence-electron chi connectivity index (χ4n) is 6.98. The van der Waals surface area contributed by atoms with Crippen molar-refractivity contribution in [1.29, 1.82) is 0 Å². The Morgan fingerprint density at radius 1 is 0.923 bits per heavy atom. The highest BCUT2D eigenvalue weighted by Gasteiger charge is 2.77. The zero-order chi connectivity index (χ0) is 27.2. The van der Waals surface area contributed by atoms with Crippen LogP contribution in [0, 0.1) is 11.8 Å². The Labute approximate surface area is 227 Å². The average molecular weight is 528 g/mol. The van der Waals surface area contributed by atoms with Gasteiger partial charge in [0, 0.05) is 24.5 Å². The fraction of sp³-hybridized carbons (Fsp3) is 0.387. The van der Waals surface area contributed by atoms with Crippen molar-refractivity contribution < 1.29 is 24.2 Å². The molecule has 3 amide bonds. The molecule has 0 radical (unpaired) electrons. The second-order valence-corrected chi connectivity index (χ2v) is 11.1. The van der Waals surface area contributed by atoms with Crippen molar-refractivity contribution >= 4 is 39.9 Å². The van der Waals surface area contributed by atoms with Gasteiger partial charge in [-0.25, -0.2) is 0 Å². The van der Waals surface area contributed by atoms with Crippen LogP contribution in [0.2, 0.25) is 0 Å². The Hall–Kier alpha value is -3.75. The van der Waals surface area contributed by atoms with E-state index in [-0.39, 0.29) is 24.3 Å². The van der Waals surface area contributed by atoms with E-state index in [1.807, 2.05) is 79.7 Å². The van der Waals surface area contributed by atoms with Crippen molar-refractivity contribution in [3.05, 3.63) is 72.8 Å². The predicted octanol–water partition coefficient (Wildman–Crippen LogP) is 3.95. The number of fused-ring (bicyclic) bond motifs is 2. The number of nitrogens with zero attached hydrogens (tertiary/aromatic N) is 1. The van der Waals surface area contributed by atoms with E-state index in [2.05, 4.69) is 10.6 Å². The van der Waals surface area contributed by atoms with E-state index in [0.717, 1.165) is 10.8 Å². The minimum atomic E-state index is -1.09. The largest absolute Gasteiger partial charge is 0.396 e. The van der Waals surface area contributed by atoms with Crippen LogP contribution in [0.3, 0.4) is 0 Å². The molecular weight excluding hydrogens is 494 g/mol. The summed E-state index contributed by atoms with van der Waals surface area (Å²) in [5.74, 6) is -2.31. The molecule has 5 atom stereocenters. The molecule has 3 aliphatic heterocycles. The molecule has 8 heteroatoms. The number of aliphatic hydroxyl groups is 1. The number of unbranched alkanes of at least 4 members (excludes halogenated alkanes) is 1. The van der Waals surface area contributed by atoms with Gasteiger partial charge in [0.1, 0.15) is 11.6 Å². The molecule has 0 aromatic heterocycles. The zero-order valence-corrected chi connectivity index (χ0v) is 21.9. The van der Waals surface area contributed by atoms with Crippen LogP contribution in [-0.2, 0) is 19.1 Å². The van der Waals surface area contributed by atoms with Crippen molar-refractivity contribution in [3.8, 4) is 0 Å². The highest BCUT2D eigenvalue weighted by atomic mass is 16.5. The number of anilines is 2. The number of para-hydroxylation sites is 1. The lowest BCUT2D eigenvalue weighted by Gasteiger charge is -2.33. The smallest absolute Gasteiger partial charge is 0.250 e. The second-order valence-electron chi connectivity index (χ2n) is 11.1. The SMILES string of the molecule is C[C@]12CCC3(O1)C(C(=O)Nc1ccc4ccccc4c1)N(CCCCO)C(=O)[C@@H]3[C@H]2C(=O)Nc1ccccc1. The number of hydrogen-bond acceptors (Lipinski definition) is 5. The molecule has 8 nitrogen and oxygen atoms in total. The number of amides is 3. The first-order valence-electron chi connectivity index (χ1n) is 13.6. The van der Waals surface area contributed by atoms with Crippen molar-refractivity contribution in [1.82, 2.24) is 4.90 Å². The Morgan fingerprint density at radius 3 is 2.41 bits per heavy atom. The third-order valence-corrected chi connectivity index (χ3v) is 8.67. The molecule has 6 rings (SSSR count). The maximum Gasteiger partial charge on any atom is 0.250 e. The van der Waals surface area contributed by atoms with Crippen LogP contribution < -0.4 is 10.6 Å². The Balaban J connectivity index is 1.33. The standard InChI is InChI=1S/C31H33N3O5/c1-30-15-16-31(39-30)25(24(30)27(36)32-22-11-3-2-4-12-22)29(38)34(17-7-8-18-35)26(31)28(37)33-23-14-13-20-9-5-6-10-21(20)19-23/h2-6,9-14,19,24-26,35H,7-8,15-18H2,1H3,(H,32,36)(H,33,37)/t24-,25-,26?,30+,31?/m0/s1. The molecule has 39 heavy (non-hydrogen) atoms. The van der Waals surface area contributed by atoms with E-state index in [9.17, 15) is 19.5 Å². The second kappa shape index (κ2) is 9.77. The molecule has 2 bridgehead atoms. The van der Waals surface area contributed by atoms with Crippen LogP contribution >= 0.6 is 0 Å². The Bertz CT molecular complexity index is 1430. The monoisotopic (exact) mass is 527 g/mol. The molecule has 3 aromatic rings. The molecule has 3 aromatic carbocycles. The first kappa shape index (κ1) is 25.5. The fourth-order valence-corrected chi connectivity index (χ4v) is 6.98. The minimum absolute atomic E-state index is 0.00122. The zero-order valence-electron chi connectivity index (χ0n) is 21.9. The lowest BCUT2D eigenvalue weighted by atomic mass is 9.66. The molecule has 1 spiro atoms. The first-order chi connectivity index (χ1) is 18.9. The van der Waals surface area contributed by atoms with Crippen LogP contribution in [0.25, 0.3) is 10.8 Å². The Kier molecular flexibility index (Phi) is 6.40. The molecule has 3 N–H and O–H groups in total. The van der Waals surface area contributed by atoms with Gasteiger partial charge in [-0.1, -0.05) is 48.5 Å². The first-order valence-corrected chi connectivity index (χ1v) is 13.6. The van der Waals surface area contributed by atoms with Crippen LogP contribution in [0.15, 0.2) is 72.8 Å². The maximum atomic E-state index is 14.0. The van der Waals surface area contributed by atoms with Gasteiger partial charge in [0.2, 0.25) is 17.7 Å². The number of rotatable bonds is 8. The number of nitrogens with one attached hydrogen (secondary N) is 2. The van der Waals surface area contributed by atoms with Crippen LogP contribution in [0.1, 0.15) is 32.6 Å². The molecule has 0 saturated carbocycles. The van der Waals surface area contributed by atoms with Crippen LogP contribution in [0.5, 0.6) is 0 Å². The summed E-state index contributed by atoms with van der Waals surface area (Å²) in [5.41, 5.74) is -0.653. The van der Waals surface area contributed by atoms with Gasteiger partial charge in [-0.15, -0.1) is 0 Å². The molecular formula is C31H33N3O5. The molecule has 0 aliphatic carbocycles. The highest BCUT2D eigenvalue weighted by molar-refractivity contribution is 6.05. The maximum absolute atomic E-state index is 14.0. The van der Waals surface area contributed by atoms with Crippen molar-refractivity contribution in [2.75, 3.05) is 23.8 Å². The number of hydrogen-bond donors (Lipinski definition) is 3. The van der Waals surface area contributed by atoms with Gasteiger partial charge < -0.3 is 25.4 Å². The number of carbonyl (C=O) groups is 3. The van der Waals surface area contributed by atoms with Gasteiger partial charge in [-0.3, -0.25) is 14.4 Å². The third kappa shape index (κ3) is 4.19. The van der Waals surface area contributed by atoms with E-state index in [0.29, 0.717) is 43.6 Å². The number of likely N-dealkylation sites (tertiary alicyclic amines) is 1. The normalized spacial score (nSPS) is 29.0.